The summed E-state index contributed by atoms with van der Waals surface area (Å²) < 4.78 is 28.4. The molecule has 0 aromatic heterocycles. The van der Waals surface area contributed by atoms with Crippen molar-refractivity contribution in [1.82, 2.24) is 0 Å². The minimum absolute atomic E-state index is 0.201. The van der Waals surface area contributed by atoms with E-state index >= 15 is 0 Å². The van der Waals surface area contributed by atoms with Gasteiger partial charge >= 0.3 is 16.1 Å². The number of rotatable bonds is 3. The number of hydrogen-bond donors (Lipinski definition) is 3. The van der Waals surface area contributed by atoms with Crippen LogP contribution in [-0.2, 0) is 14.3 Å². The first kappa shape index (κ1) is 15.6. The van der Waals surface area contributed by atoms with Crippen LogP contribution in [0.5, 0.6) is 17.2 Å². The highest BCUT2D eigenvalue weighted by molar-refractivity contribution is 7.87. The first-order valence-electron chi connectivity index (χ1n) is 6.01. The van der Waals surface area contributed by atoms with E-state index in [1.165, 1.54) is 18.2 Å². The molecule has 0 aliphatic heterocycles. The first-order valence-corrected chi connectivity index (χ1v) is 7.42. The summed E-state index contributed by atoms with van der Waals surface area (Å²) in [6.45, 7) is 1.68. The highest BCUT2D eigenvalue weighted by Gasteiger charge is 2.23. The van der Waals surface area contributed by atoms with Gasteiger partial charge in [0.2, 0.25) is 0 Å². The summed E-state index contributed by atoms with van der Waals surface area (Å²) in [5.41, 5.74) is 0.237. The van der Waals surface area contributed by atoms with Crippen molar-refractivity contribution >= 4 is 16.1 Å². The Balaban J connectivity index is 2.32. The summed E-state index contributed by atoms with van der Waals surface area (Å²) in [4.78, 5) is 11.6. The molecule has 8 heteroatoms. The normalized spacial score (nSPS) is 11.1. The van der Waals surface area contributed by atoms with Gasteiger partial charge in [-0.15, -0.1) is 0 Å². The van der Waals surface area contributed by atoms with Gasteiger partial charge in [-0.05, 0) is 36.8 Å². The minimum Gasteiger partial charge on any atom is -0.504 e. The third-order valence-corrected chi connectivity index (χ3v) is 3.97. The molecule has 0 radical (unpaired) electrons. The van der Waals surface area contributed by atoms with Crippen LogP contribution in [0, 0.1) is 6.92 Å². The summed E-state index contributed by atoms with van der Waals surface area (Å²) in [6.07, 6.45) is 0. The molecule has 0 atom stereocenters. The number of aromatic hydroxyl groups is 3. The second kappa shape index (κ2) is 5.57. The molecule has 116 valence electrons. The van der Waals surface area contributed by atoms with E-state index in [0.717, 1.165) is 12.1 Å². The smallest absolute Gasteiger partial charge is 0.354 e. The summed E-state index contributed by atoms with van der Waals surface area (Å²) in [5.74, 6) is -3.68. The monoisotopic (exact) mass is 324 g/mol. The van der Waals surface area contributed by atoms with Crippen molar-refractivity contribution in [2.75, 3.05) is 0 Å². The number of aryl methyl sites for hydroxylation is 1. The Morgan fingerprint density at radius 2 is 1.64 bits per heavy atom. The Morgan fingerprint density at radius 3 is 2.18 bits per heavy atom. The van der Waals surface area contributed by atoms with Crippen LogP contribution in [0.3, 0.4) is 0 Å². The summed E-state index contributed by atoms with van der Waals surface area (Å²) in [5, 5.41) is 27.8. The molecule has 0 spiro atoms. The summed E-state index contributed by atoms with van der Waals surface area (Å²) in [7, 11) is -4.34. The van der Waals surface area contributed by atoms with Gasteiger partial charge in [0.1, 0.15) is 4.90 Å². The number of carbonyl (C=O) groups excluding carboxylic acids is 1. The van der Waals surface area contributed by atoms with Gasteiger partial charge in [-0.1, -0.05) is 12.1 Å². The molecule has 0 fully saturated rings. The molecule has 2 aromatic carbocycles. The third-order valence-electron chi connectivity index (χ3n) is 2.77. The van der Waals surface area contributed by atoms with Crippen LogP contribution in [0.2, 0.25) is 0 Å². The maximum atomic E-state index is 12.0. The molecule has 0 bridgehead atoms. The molecule has 0 heterocycles. The van der Waals surface area contributed by atoms with E-state index in [0.29, 0.717) is 5.56 Å². The van der Waals surface area contributed by atoms with Gasteiger partial charge < -0.3 is 19.5 Å². The number of phenolic OH excluding ortho intramolecular Hbond substituents is 3. The van der Waals surface area contributed by atoms with Gasteiger partial charge in [0.15, 0.2) is 17.2 Å². The zero-order chi connectivity index (χ0) is 16.5. The van der Waals surface area contributed by atoms with E-state index < -0.39 is 38.9 Å². The zero-order valence-electron chi connectivity index (χ0n) is 11.3. The predicted molar refractivity (Wildman–Crippen MR) is 75.2 cm³/mol. The number of phenols is 3. The fourth-order valence-corrected chi connectivity index (χ4v) is 2.66. The van der Waals surface area contributed by atoms with Crippen LogP contribution in [0.25, 0.3) is 0 Å². The maximum Gasteiger partial charge on any atom is 0.354 e. The second-order valence-electron chi connectivity index (χ2n) is 4.50. The van der Waals surface area contributed by atoms with E-state index in [1.54, 1.807) is 13.0 Å². The van der Waals surface area contributed by atoms with E-state index in [1.807, 2.05) is 0 Å². The van der Waals surface area contributed by atoms with Gasteiger partial charge in [0, 0.05) is 0 Å². The lowest BCUT2D eigenvalue weighted by Gasteiger charge is -2.08. The van der Waals surface area contributed by atoms with Crippen molar-refractivity contribution in [1.29, 1.82) is 0 Å². The van der Waals surface area contributed by atoms with Crippen molar-refractivity contribution in [3.63, 3.8) is 0 Å². The molecule has 0 amide bonds. The lowest BCUT2D eigenvalue weighted by atomic mass is 10.2. The third kappa shape index (κ3) is 3.12. The Kier molecular flexibility index (Phi) is 3.96. The maximum absolute atomic E-state index is 12.0. The van der Waals surface area contributed by atoms with Gasteiger partial charge in [-0.2, -0.15) is 8.42 Å². The molecule has 22 heavy (non-hydrogen) atoms. The van der Waals surface area contributed by atoms with Gasteiger partial charge in [-0.25, -0.2) is 4.79 Å². The van der Waals surface area contributed by atoms with Crippen LogP contribution in [0.1, 0.15) is 15.9 Å². The molecule has 0 aliphatic rings. The lowest BCUT2D eigenvalue weighted by Crippen LogP contribution is -2.13. The van der Waals surface area contributed by atoms with Gasteiger partial charge in [0.25, 0.3) is 0 Å². The second-order valence-corrected chi connectivity index (χ2v) is 6.05. The largest absolute Gasteiger partial charge is 0.504 e. The van der Waals surface area contributed by atoms with Crippen LogP contribution in [-0.4, -0.2) is 29.7 Å². The average Bonchev–Trinajstić information content (AvgIpc) is 2.43. The summed E-state index contributed by atoms with van der Waals surface area (Å²) >= 11 is 0. The lowest BCUT2D eigenvalue weighted by molar-refractivity contribution is 0.0745. The molecular weight excluding hydrogens is 312 g/mol. The van der Waals surface area contributed by atoms with Crippen LogP contribution >= 0.6 is 0 Å². The predicted octanol–water partition coefficient (Wildman–Crippen LogP) is 1.66. The zero-order valence-corrected chi connectivity index (χ0v) is 12.2. The van der Waals surface area contributed by atoms with Crippen molar-refractivity contribution in [2.45, 2.75) is 11.8 Å². The minimum atomic E-state index is -4.34. The molecule has 0 aliphatic carbocycles. The Morgan fingerprint density at radius 1 is 1.05 bits per heavy atom. The molecular formula is C14H12O7S. The Hall–Kier alpha value is -2.74. The van der Waals surface area contributed by atoms with Crippen molar-refractivity contribution < 1.29 is 32.7 Å². The fraction of sp³-hybridized carbons (Fsp3) is 0.0714. The number of carbonyl (C=O) groups is 1. The molecule has 0 saturated carbocycles. The number of benzene rings is 2. The summed E-state index contributed by atoms with van der Waals surface area (Å²) in [6, 6.07) is 7.33. The molecule has 0 saturated heterocycles. The number of hydrogen-bond acceptors (Lipinski definition) is 7. The molecule has 3 N–H and O–H groups in total. The van der Waals surface area contributed by atoms with Gasteiger partial charge in [-0.3, -0.25) is 0 Å². The van der Waals surface area contributed by atoms with E-state index in [4.69, 9.17) is 0 Å². The highest BCUT2D eigenvalue weighted by Crippen LogP contribution is 2.35. The molecule has 2 aromatic rings. The molecule has 7 nitrogen and oxygen atoms in total. The Labute approximate surface area is 126 Å². The molecule has 0 unspecified atom stereocenters. The highest BCUT2D eigenvalue weighted by atomic mass is 32.2. The van der Waals surface area contributed by atoms with Crippen molar-refractivity contribution in [3.05, 3.63) is 47.5 Å². The average molecular weight is 324 g/mol. The van der Waals surface area contributed by atoms with E-state index in [2.05, 4.69) is 4.18 Å². The molecule has 2 rings (SSSR count). The first-order chi connectivity index (χ1) is 10.2. The topological polar surface area (TPSA) is 121 Å². The Bertz CT molecular complexity index is 817. The fourth-order valence-electron chi connectivity index (χ4n) is 1.69. The van der Waals surface area contributed by atoms with Crippen LogP contribution < -0.4 is 0 Å². The van der Waals surface area contributed by atoms with E-state index in [9.17, 15) is 28.5 Å². The van der Waals surface area contributed by atoms with Crippen molar-refractivity contribution in [2.24, 2.45) is 0 Å². The quantitative estimate of drug-likeness (QED) is 0.580. The van der Waals surface area contributed by atoms with Crippen LogP contribution in [0.4, 0.5) is 0 Å². The van der Waals surface area contributed by atoms with Gasteiger partial charge in [0.05, 0.1) is 5.56 Å². The standard InChI is InChI=1S/C14H12O7S/c1-8-3-2-4-10(5-8)22(19,20)21-14(18)9-6-11(15)13(17)12(16)7-9/h2-7,15-17H,1H3. The van der Waals surface area contributed by atoms with Crippen LogP contribution in [0.15, 0.2) is 41.3 Å². The SMILES string of the molecule is Cc1cccc(S(=O)(=O)OC(=O)c2cc(O)c(O)c(O)c2)c1. The van der Waals surface area contributed by atoms with Crippen molar-refractivity contribution in [3.8, 4) is 17.2 Å². The van der Waals surface area contributed by atoms with E-state index in [-0.39, 0.29) is 4.90 Å².